The lowest BCUT2D eigenvalue weighted by Crippen LogP contribution is -2.09. The second kappa shape index (κ2) is 8.08. The average molecular weight is 402 g/mol. The maximum atomic E-state index is 12.3. The molecule has 0 saturated heterocycles. The molecule has 0 amide bonds. The van der Waals surface area contributed by atoms with Gasteiger partial charge in [-0.25, -0.2) is 9.78 Å². The first-order valence-corrected chi connectivity index (χ1v) is 9.17. The maximum Gasteiger partial charge on any atom is 0.335 e. The van der Waals surface area contributed by atoms with Gasteiger partial charge in [-0.1, -0.05) is 24.3 Å². The summed E-state index contributed by atoms with van der Waals surface area (Å²) < 4.78 is 11.3. The highest BCUT2D eigenvalue weighted by Gasteiger charge is 2.11. The Morgan fingerprint density at radius 2 is 1.80 bits per heavy atom. The van der Waals surface area contributed by atoms with Gasteiger partial charge in [-0.2, -0.15) is 0 Å². The quantitative estimate of drug-likeness (QED) is 0.508. The number of ether oxygens (including phenoxy) is 2. The number of rotatable bonds is 6. The van der Waals surface area contributed by atoms with Crippen molar-refractivity contribution in [2.45, 2.75) is 6.61 Å². The molecule has 0 radical (unpaired) electrons. The smallest absolute Gasteiger partial charge is 0.335 e. The molecule has 4 aromatic rings. The van der Waals surface area contributed by atoms with E-state index in [1.165, 1.54) is 19.2 Å². The molecule has 0 atom stereocenters. The van der Waals surface area contributed by atoms with Gasteiger partial charge in [0.15, 0.2) is 11.5 Å². The Balaban J connectivity index is 1.59. The fourth-order valence-corrected chi connectivity index (χ4v) is 3.06. The van der Waals surface area contributed by atoms with Crippen LogP contribution in [-0.4, -0.2) is 28.2 Å². The Hall–Kier alpha value is -4.13. The fourth-order valence-electron chi connectivity index (χ4n) is 3.06. The van der Waals surface area contributed by atoms with Crippen molar-refractivity contribution in [1.29, 1.82) is 0 Å². The Morgan fingerprint density at radius 3 is 2.53 bits per heavy atom. The second-order valence-electron chi connectivity index (χ2n) is 6.59. The van der Waals surface area contributed by atoms with Gasteiger partial charge in [0.05, 0.1) is 23.6 Å². The largest absolute Gasteiger partial charge is 0.493 e. The zero-order valence-electron chi connectivity index (χ0n) is 16.1. The molecule has 0 aliphatic rings. The lowest BCUT2D eigenvalue weighted by molar-refractivity contribution is 0.0697. The molecule has 30 heavy (non-hydrogen) atoms. The van der Waals surface area contributed by atoms with E-state index in [0.717, 1.165) is 5.56 Å². The van der Waals surface area contributed by atoms with Crippen LogP contribution >= 0.6 is 0 Å². The number of para-hydroxylation sites is 1. The zero-order chi connectivity index (χ0) is 21.1. The van der Waals surface area contributed by atoms with Crippen LogP contribution in [0.25, 0.3) is 22.3 Å². The maximum absolute atomic E-state index is 12.3. The van der Waals surface area contributed by atoms with Crippen LogP contribution in [0, 0.1) is 0 Å². The lowest BCUT2D eigenvalue weighted by Gasteiger charge is -2.12. The topological polar surface area (TPSA) is 102 Å². The van der Waals surface area contributed by atoms with Gasteiger partial charge in [0, 0.05) is 5.56 Å². The summed E-state index contributed by atoms with van der Waals surface area (Å²) in [5.41, 5.74) is 2.14. The van der Waals surface area contributed by atoms with Crippen LogP contribution in [-0.2, 0) is 6.61 Å². The van der Waals surface area contributed by atoms with Crippen molar-refractivity contribution >= 4 is 16.9 Å². The van der Waals surface area contributed by atoms with E-state index in [-0.39, 0.29) is 17.7 Å². The molecule has 3 aromatic carbocycles. The number of nitrogens with zero attached hydrogens (tertiary/aromatic N) is 1. The van der Waals surface area contributed by atoms with Gasteiger partial charge in [0.1, 0.15) is 12.4 Å². The number of carboxylic acids is 1. The Morgan fingerprint density at radius 1 is 1.03 bits per heavy atom. The van der Waals surface area contributed by atoms with Crippen molar-refractivity contribution in [2.24, 2.45) is 0 Å². The number of H-pyrrole nitrogens is 1. The molecule has 0 aliphatic carbocycles. The predicted octanol–water partition coefficient (Wildman–Crippen LogP) is 3.88. The van der Waals surface area contributed by atoms with Crippen molar-refractivity contribution < 1.29 is 19.4 Å². The number of benzene rings is 3. The summed E-state index contributed by atoms with van der Waals surface area (Å²) in [4.78, 5) is 30.6. The molecule has 0 spiro atoms. The van der Waals surface area contributed by atoms with Gasteiger partial charge in [-0.3, -0.25) is 4.79 Å². The number of nitrogens with one attached hydrogen (secondary N) is 1. The first-order valence-electron chi connectivity index (χ1n) is 9.17. The molecule has 0 aliphatic heterocycles. The van der Waals surface area contributed by atoms with Crippen LogP contribution in [0.3, 0.4) is 0 Å². The van der Waals surface area contributed by atoms with E-state index >= 15 is 0 Å². The molecule has 7 nitrogen and oxygen atoms in total. The molecule has 0 bridgehead atoms. The summed E-state index contributed by atoms with van der Waals surface area (Å²) in [6, 6.07) is 18.9. The van der Waals surface area contributed by atoms with E-state index < -0.39 is 5.97 Å². The van der Waals surface area contributed by atoms with Crippen LogP contribution in [0.2, 0.25) is 0 Å². The number of methoxy groups -OCH3 is 1. The number of carboxylic acid groups (broad SMARTS) is 1. The van der Waals surface area contributed by atoms with Crippen LogP contribution < -0.4 is 15.0 Å². The van der Waals surface area contributed by atoms with Crippen LogP contribution in [0.1, 0.15) is 15.9 Å². The number of hydrogen-bond donors (Lipinski definition) is 2. The van der Waals surface area contributed by atoms with E-state index in [4.69, 9.17) is 14.6 Å². The van der Waals surface area contributed by atoms with E-state index in [0.29, 0.717) is 33.8 Å². The molecule has 0 fully saturated rings. The Kier molecular flexibility index (Phi) is 5.17. The van der Waals surface area contributed by atoms with Crippen molar-refractivity contribution in [1.82, 2.24) is 9.97 Å². The second-order valence-corrected chi connectivity index (χ2v) is 6.59. The highest BCUT2D eigenvalue weighted by molar-refractivity contribution is 5.87. The molecule has 0 unspecified atom stereocenters. The monoisotopic (exact) mass is 402 g/mol. The number of carbonyl (C=O) groups is 1. The van der Waals surface area contributed by atoms with Crippen molar-refractivity contribution in [3.8, 4) is 22.9 Å². The third-order valence-electron chi connectivity index (χ3n) is 4.65. The highest BCUT2D eigenvalue weighted by Crippen LogP contribution is 2.32. The minimum Gasteiger partial charge on any atom is -0.493 e. The van der Waals surface area contributed by atoms with E-state index in [1.54, 1.807) is 48.5 Å². The first kappa shape index (κ1) is 19.2. The van der Waals surface area contributed by atoms with Gasteiger partial charge >= 0.3 is 5.97 Å². The number of aromatic amines is 1. The predicted molar refractivity (Wildman–Crippen MR) is 112 cm³/mol. The van der Waals surface area contributed by atoms with E-state index in [1.807, 2.05) is 6.07 Å². The van der Waals surface area contributed by atoms with E-state index in [9.17, 15) is 9.59 Å². The van der Waals surface area contributed by atoms with Gasteiger partial charge in [0.2, 0.25) is 0 Å². The molecule has 7 heteroatoms. The van der Waals surface area contributed by atoms with Crippen molar-refractivity contribution in [3.05, 3.63) is 88.2 Å². The third-order valence-corrected chi connectivity index (χ3v) is 4.65. The Bertz CT molecular complexity index is 1280. The molecular weight excluding hydrogens is 384 g/mol. The third kappa shape index (κ3) is 3.86. The highest BCUT2D eigenvalue weighted by atomic mass is 16.5. The normalized spacial score (nSPS) is 10.7. The summed E-state index contributed by atoms with van der Waals surface area (Å²) in [7, 11) is 1.53. The minimum absolute atomic E-state index is 0.209. The summed E-state index contributed by atoms with van der Waals surface area (Å²) in [5.74, 6) is 0.477. The minimum atomic E-state index is -0.972. The van der Waals surface area contributed by atoms with Crippen molar-refractivity contribution in [2.75, 3.05) is 7.11 Å². The Labute approximate surface area is 171 Å². The first-order chi connectivity index (χ1) is 14.5. The van der Waals surface area contributed by atoms with Crippen LogP contribution in [0.4, 0.5) is 0 Å². The van der Waals surface area contributed by atoms with Crippen molar-refractivity contribution in [3.63, 3.8) is 0 Å². The molecule has 0 saturated carbocycles. The van der Waals surface area contributed by atoms with Crippen LogP contribution in [0.5, 0.6) is 11.5 Å². The molecule has 150 valence electrons. The molecule has 4 rings (SSSR count). The summed E-state index contributed by atoms with van der Waals surface area (Å²) >= 11 is 0. The molecule has 2 N–H and O–H groups in total. The SMILES string of the molecule is COc1cc(-c2nc3ccccc3c(=O)[nH]2)ccc1OCc1ccc(C(=O)O)cc1. The number of fused-ring (bicyclic) bond motifs is 1. The van der Waals surface area contributed by atoms with Gasteiger partial charge < -0.3 is 19.6 Å². The van der Waals surface area contributed by atoms with Gasteiger partial charge in [-0.05, 0) is 48.0 Å². The van der Waals surface area contributed by atoms with Gasteiger partial charge in [-0.15, -0.1) is 0 Å². The number of aromatic carboxylic acids is 1. The lowest BCUT2D eigenvalue weighted by atomic mass is 10.1. The summed E-state index contributed by atoms with van der Waals surface area (Å²) in [6.07, 6.45) is 0. The molecular formula is C23H18N2O5. The number of aromatic nitrogens is 2. The fraction of sp³-hybridized carbons (Fsp3) is 0.0870. The standard InChI is InChI=1S/C23H18N2O5/c1-29-20-12-16(21-24-18-5-3-2-4-17(18)22(26)25-21)10-11-19(20)30-13-14-6-8-15(9-7-14)23(27)28/h2-12H,13H2,1H3,(H,27,28)(H,24,25,26). The van der Waals surface area contributed by atoms with Crippen LogP contribution in [0.15, 0.2) is 71.5 Å². The number of hydrogen-bond acceptors (Lipinski definition) is 5. The summed E-state index contributed by atoms with van der Waals surface area (Å²) in [6.45, 7) is 0.251. The zero-order valence-corrected chi connectivity index (χ0v) is 16.1. The van der Waals surface area contributed by atoms with Gasteiger partial charge in [0.25, 0.3) is 5.56 Å². The van der Waals surface area contributed by atoms with E-state index in [2.05, 4.69) is 9.97 Å². The average Bonchev–Trinajstić information content (AvgIpc) is 2.77. The molecule has 1 aromatic heterocycles. The summed E-state index contributed by atoms with van der Waals surface area (Å²) in [5, 5.41) is 9.50. The molecule has 1 heterocycles.